The molecule has 5 heteroatoms. The summed E-state index contributed by atoms with van der Waals surface area (Å²) in [6, 6.07) is 7.33. The Hall–Kier alpha value is -2.01. The summed E-state index contributed by atoms with van der Waals surface area (Å²) in [4.78, 5) is 25.5. The molecule has 1 aromatic carbocycles. The van der Waals surface area contributed by atoms with E-state index in [9.17, 15) is 9.59 Å². The first kappa shape index (κ1) is 13.9. The van der Waals surface area contributed by atoms with E-state index in [2.05, 4.69) is 10.6 Å². The summed E-state index contributed by atoms with van der Waals surface area (Å²) in [5, 5.41) is 6.00. The molecule has 21 heavy (non-hydrogen) atoms. The van der Waals surface area contributed by atoms with Crippen LogP contribution >= 0.6 is 11.8 Å². The van der Waals surface area contributed by atoms with Crippen molar-refractivity contribution in [3.05, 3.63) is 52.5 Å². The number of thioether (sulfide) groups is 1. The second-order valence-corrected chi connectivity index (χ2v) is 5.85. The predicted molar refractivity (Wildman–Crippen MR) is 85.4 cm³/mol. The molecule has 0 bridgehead atoms. The lowest BCUT2D eigenvalue weighted by molar-refractivity contribution is -0.116. The van der Waals surface area contributed by atoms with E-state index in [0.29, 0.717) is 11.1 Å². The third-order valence-corrected chi connectivity index (χ3v) is 4.63. The van der Waals surface area contributed by atoms with Gasteiger partial charge in [0.1, 0.15) is 0 Å². The van der Waals surface area contributed by atoms with Crippen LogP contribution < -0.4 is 10.6 Å². The molecule has 2 atom stereocenters. The molecule has 0 spiro atoms. The van der Waals surface area contributed by atoms with Crippen LogP contribution in [0.2, 0.25) is 0 Å². The van der Waals surface area contributed by atoms with Crippen LogP contribution in [0, 0.1) is 5.92 Å². The van der Waals surface area contributed by atoms with Crippen LogP contribution in [0.3, 0.4) is 0 Å². The predicted octanol–water partition coefficient (Wildman–Crippen LogP) is 2.21. The molecule has 108 valence electrons. The van der Waals surface area contributed by atoms with Crippen LogP contribution in [0.25, 0.3) is 0 Å². The molecule has 1 aliphatic carbocycles. The van der Waals surface area contributed by atoms with Crippen molar-refractivity contribution in [1.29, 1.82) is 0 Å². The maximum absolute atomic E-state index is 12.6. The van der Waals surface area contributed by atoms with Gasteiger partial charge in [-0.05, 0) is 24.5 Å². The average molecular weight is 300 g/mol. The summed E-state index contributed by atoms with van der Waals surface area (Å²) < 4.78 is 0. The molecule has 0 aromatic heterocycles. The minimum absolute atomic E-state index is 0.105. The summed E-state index contributed by atoms with van der Waals surface area (Å²) in [7, 11) is 1.61. The van der Waals surface area contributed by atoms with E-state index in [-0.39, 0.29) is 23.7 Å². The topological polar surface area (TPSA) is 58.2 Å². The van der Waals surface area contributed by atoms with E-state index in [1.54, 1.807) is 7.05 Å². The molecular formula is C16H16N2O2S. The third kappa shape index (κ3) is 2.27. The Labute approximate surface area is 127 Å². The van der Waals surface area contributed by atoms with Gasteiger partial charge in [0.15, 0.2) is 5.78 Å². The number of carbonyl (C=O) groups is 2. The molecule has 0 radical (unpaired) electrons. The number of likely N-dealkylation sites (N-methyl/N-ethyl adjacent to an activating group) is 1. The van der Waals surface area contributed by atoms with Gasteiger partial charge in [0, 0.05) is 23.2 Å². The van der Waals surface area contributed by atoms with Crippen molar-refractivity contribution in [1.82, 2.24) is 5.32 Å². The maximum Gasteiger partial charge on any atom is 0.251 e. The molecule has 2 aliphatic rings. The quantitative estimate of drug-likeness (QED) is 0.879. The van der Waals surface area contributed by atoms with E-state index < -0.39 is 0 Å². The van der Waals surface area contributed by atoms with Crippen LogP contribution in [-0.2, 0) is 4.79 Å². The Morgan fingerprint density at radius 2 is 2.05 bits per heavy atom. The number of benzene rings is 1. The smallest absolute Gasteiger partial charge is 0.251 e. The lowest BCUT2D eigenvalue weighted by atomic mass is 9.81. The van der Waals surface area contributed by atoms with Crippen molar-refractivity contribution in [3.8, 4) is 0 Å². The molecule has 1 aliphatic heterocycles. The Morgan fingerprint density at radius 1 is 1.29 bits per heavy atom. The maximum atomic E-state index is 12.6. The molecule has 4 nitrogen and oxygen atoms in total. The lowest BCUT2D eigenvalue weighted by Gasteiger charge is -2.33. The second-order valence-electron chi connectivity index (χ2n) is 5.00. The van der Waals surface area contributed by atoms with Crippen molar-refractivity contribution < 1.29 is 9.59 Å². The third-order valence-electron chi connectivity index (χ3n) is 3.84. The Bertz CT molecular complexity index is 679. The molecule has 3 rings (SSSR count). The zero-order valence-electron chi connectivity index (χ0n) is 11.8. The highest BCUT2D eigenvalue weighted by molar-refractivity contribution is 8.02. The SMILES string of the molecule is CNC(=O)C1=CC2Nc3ccccc3C(=O)C2C=C1SC. The van der Waals surface area contributed by atoms with E-state index in [4.69, 9.17) is 0 Å². The van der Waals surface area contributed by atoms with Gasteiger partial charge in [0.2, 0.25) is 0 Å². The molecule has 1 heterocycles. The minimum atomic E-state index is -0.254. The molecule has 1 amide bonds. The average Bonchev–Trinajstić information content (AvgIpc) is 2.53. The fourth-order valence-electron chi connectivity index (χ4n) is 2.78. The van der Waals surface area contributed by atoms with E-state index >= 15 is 0 Å². The minimum Gasteiger partial charge on any atom is -0.377 e. The molecule has 2 N–H and O–H groups in total. The fraction of sp³-hybridized carbons (Fsp3) is 0.250. The van der Waals surface area contributed by atoms with Gasteiger partial charge in [-0.15, -0.1) is 11.8 Å². The zero-order chi connectivity index (χ0) is 15.0. The highest BCUT2D eigenvalue weighted by Crippen LogP contribution is 2.37. The molecular weight excluding hydrogens is 284 g/mol. The van der Waals surface area contributed by atoms with Gasteiger partial charge in [-0.1, -0.05) is 18.2 Å². The van der Waals surface area contributed by atoms with Crippen molar-refractivity contribution in [2.24, 2.45) is 5.92 Å². The summed E-state index contributed by atoms with van der Waals surface area (Å²) in [5.41, 5.74) is 2.18. The lowest BCUT2D eigenvalue weighted by Crippen LogP contribution is -2.40. The van der Waals surface area contributed by atoms with Crippen molar-refractivity contribution in [3.63, 3.8) is 0 Å². The van der Waals surface area contributed by atoms with Crippen LogP contribution in [0.15, 0.2) is 46.9 Å². The number of rotatable bonds is 2. The summed E-state index contributed by atoms with van der Waals surface area (Å²) in [6.07, 6.45) is 5.69. The number of hydrogen-bond donors (Lipinski definition) is 2. The largest absolute Gasteiger partial charge is 0.377 e. The van der Waals surface area contributed by atoms with Gasteiger partial charge in [0.25, 0.3) is 5.91 Å². The van der Waals surface area contributed by atoms with Gasteiger partial charge in [-0.25, -0.2) is 0 Å². The molecule has 1 aromatic rings. The number of anilines is 1. The van der Waals surface area contributed by atoms with Gasteiger partial charge in [-0.3, -0.25) is 9.59 Å². The number of Topliss-reactive ketones (excluding diaryl/α,β-unsaturated/α-hetero) is 1. The van der Waals surface area contributed by atoms with Crippen molar-refractivity contribution in [2.45, 2.75) is 6.04 Å². The summed E-state index contributed by atoms with van der Waals surface area (Å²) >= 11 is 1.49. The number of para-hydroxylation sites is 1. The number of carbonyl (C=O) groups excluding carboxylic acids is 2. The number of fused-ring (bicyclic) bond motifs is 2. The summed E-state index contributed by atoms with van der Waals surface area (Å²) in [5.74, 6) is -0.272. The molecule has 2 unspecified atom stereocenters. The highest BCUT2D eigenvalue weighted by atomic mass is 32.2. The van der Waals surface area contributed by atoms with Crippen LogP contribution in [0.1, 0.15) is 10.4 Å². The van der Waals surface area contributed by atoms with Crippen LogP contribution in [0.4, 0.5) is 5.69 Å². The monoisotopic (exact) mass is 300 g/mol. The second kappa shape index (κ2) is 5.41. The Balaban J connectivity index is 2.05. The van der Waals surface area contributed by atoms with Gasteiger partial charge in [-0.2, -0.15) is 0 Å². The summed E-state index contributed by atoms with van der Waals surface area (Å²) in [6.45, 7) is 0. The van der Waals surface area contributed by atoms with Crippen molar-refractivity contribution >= 4 is 29.1 Å². The van der Waals surface area contributed by atoms with Crippen molar-refractivity contribution in [2.75, 3.05) is 18.6 Å². The molecule has 0 saturated heterocycles. The van der Waals surface area contributed by atoms with Crippen LogP contribution in [-0.4, -0.2) is 31.0 Å². The fourth-order valence-corrected chi connectivity index (χ4v) is 3.44. The first-order chi connectivity index (χ1) is 10.2. The Kier molecular flexibility index (Phi) is 3.59. The zero-order valence-corrected chi connectivity index (χ0v) is 12.7. The van der Waals surface area contributed by atoms with Gasteiger partial charge >= 0.3 is 0 Å². The van der Waals surface area contributed by atoms with E-state index in [0.717, 1.165) is 10.6 Å². The first-order valence-electron chi connectivity index (χ1n) is 6.75. The van der Waals surface area contributed by atoms with Gasteiger partial charge < -0.3 is 10.6 Å². The Morgan fingerprint density at radius 3 is 2.76 bits per heavy atom. The number of hydrogen-bond acceptors (Lipinski definition) is 4. The first-order valence-corrected chi connectivity index (χ1v) is 7.98. The highest BCUT2D eigenvalue weighted by Gasteiger charge is 2.36. The van der Waals surface area contributed by atoms with E-state index in [1.807, 2.05) is 42.7 Å². The molecule has 0 fully saturated rings. The number of amides is 1. The van der Waals surface area contributed by atoms with E-state index in [1.165, 1.54) is 11.8 Å². The van der Waals surface area contributed by atoms with Gasteiger partial charge in [0.05, 0.1) is 17.5 Å². The molecule has 0 saturated carbocycles. The number of ketones is 1. The normalized spacial score (nSPS) is 23.2. The van der Waals surface area contributed by atoms with Crippen LogP contribution in [0.5, 0.6) is 0 Å². The number of nitrogens with one attached hydrogen (secondary N) is 2. The standard InChI is InChI=1S/C16H16N2O2S/c1-17-16(20)11-7-13-10(8-14(11)21-2)15(19)9-5-3-4-6-12(9)18-13/h3-8,10,13,18H,1-2H3,(H,17,20).